The second kappa shape index (κ2) is 7.40. The van der Waals surface area contributed by atoms with Gasteiger partial charge in [0.05, 0.1) is 19.2 Å². The van der Waals surface area contributed by atoms with E-state index in [1.54, 1.807) is 0 Å². The monoisotopic (exact) mass is 322 g/mol. The van der Waals surface area contributed by atoms with Gasteiger partial charge < -0.3 is 14.6 Å². The molecule has 0 bridgehead atoms. The van der Waals surface area contributed by atoms with E-state index < -0.39 is 0 Å². The summed E-state index contributed by atoms with van der Waals surface area (Å²) in [6.45, 7) is 7.63. The van der Waals surface area contributed by atoms with Gasteiger partial charge >= 0.3 is 0 Å². The van der Waals surface area contributed by atoms with Gasteiger partial charge in [-0.15, -0.1) is 0 Å². The van der Waals surface area contributed by atoms with E-state index in [1.165, 1.54) is 0 Å². The van der Waals surface area contributed by atoms with Crippen molar-refractivity contribution in [3.05, 3.63) is 11.7 Å². The molecule has 0 spiro atoms. The largest absolute Gasteiger partial charge is 0.381 e. The lowest BCUT2D eigenvalue weighted by atomic mass is 10.1. The van der Waals surface area contributed by atoms with E-state index in [1.807, 2.05) is 13.8 Å². The van der Waals surface area contributed by atoms with Gasteiger partial charge in [-0.2, -0.15) is 4.98 Å². The molecule has 1 N–H and O–H groups in total. The first-order valence-electron chi connectivity index (χ1n) is 8.55. The normalized spacial score (nSPS) is 25.3. The van der Waals surface area contributed by atoms with E-state index in [-0.39, 0.29) is 17.9 Å². The fourth-order valence-electron chi connectivity index (χ4n) is 3.17. The number of carbonyl (C=O) groups is 1. The van der Waals surface area contributed by atoms with Crippen molar-refractivity contribution in [2.45, 2.75) is 45.1 Å². The molecule has 23 heavy (non-hydrogen) atoms. The Morgan fingerprint density at radius 3 is 3.00 bits per heavy atom. The highest BCUT2D eigenvalue weighted by atomic mass is 16.5. The molecule has 128 valence electrons. The van der Waals surface area contributed by atoms with Crippen LogP contribution in [0.4, 0.5) is 0 Å². The quantitative estimate of drug-likeness (QED) is 0.854. The summed E-state index contributed by atoms with van der Waals surface area (Å²) < 4.78 is 10.6. The molecule has 2 aliphatic rings. The van der Waals surface area contributed by atoms with Gasteiger partial charge in [0.2, 0.25) is 11.8 Å². The number of amides is 1. The van der Waals surface area contributed by atoms with Crippen molar-refractivity contribution in [1.82, 2.24) is 20.4 Å². The van der Waals surface area contributed by atoms with Crippen molar-refractivity contribution in [3.8, 4) is 0 Å². The van der Waals surface area contributed by atoms with Gasteiger partial charge in [0.1, 0.15) is 0 Å². The Kier molecular flexibility index (Phi) is 5.27. The predicted molar refractivity (Wildman–Crippen MR) is 83.9 cm³/mol. The zero-order valence-corrected chi connectivity index (χ0v) is 14.0. The van der Waals surface area contributed by atoms with Gasteiger partial charge in [-0.1, -0.05) is 19.0 Å². The summed E-state index contributed by atoms with van der Waals surface area (Å²) in [5.41, 5.74) is 0. The molecule has 1 aromatic heterocycles. The first kappa shape index (κ1) is 16.4. The van der Waals surface area contributed by atoms with Gasteiger partial charge in [-0.05, 0) is 25.8 Å². The number of hydrogen-bond acceptors (Lipinski definition) is 6. The Bertz CT molecular complexity index is 525. The fourth-order valence-corrected chi connectivity index (χ4v) is 3.17. The third kappa shape index (κ3) is 4.09. The minimum Gasteiger partial charge on any atom is -0.381 e. The van der Waals surface area contributed by atoms with Crippen LogP contribution < -0.4 is 5.32 Å². The van der Waals surface area contributed by atoms with Crippen LogP contribution in [0.5, 0.6) is 0 Å². The molecule has 0 saturated carbocycles. The Morgan fingerprint density at radius 1 is 1.43 bits per heavy atom. The standard InChI is InChI=1S/C16H26N4O3/c1-11(2)16-18-15(19-23-16)13-4-3-6-20(13)9-14(21)17-8-12-5-7-22-10-12/h11-13H,3-10H2,1-2H3,(H,17,21)/t12-,13+/m1/s1. The first-order valence-corrected chi connectivity index (χ1v) is 8.55. The Morgan fingerprint density at radius 2 is 2.30 bits per heavy atom. The van der Waals surface area contributed by atoms with Gasteiger partial charge in [-0.25, -0.2) is 0 Å². The smallest absolute Gasteiger partial charge is 0.234 e. The maximum Gasteiger partial charge on any atom is 0.234 e. The Labute approximate surface area is 136 Å². The zero-order valence-electron chi connectivity index (χ0n) is 14.0. The highest BCUT2D eigenvalue weighted by molar-refractivity contribution is 5.78. The van der Waals surface area contributed by atoms with E-state index >= 15 is 0 Å². The highest BCUT2D eigenvalue weighted by Crippen LogP contribution is 2.30. The van der Waals surface area contributed by atoms with Crippen molar-refractivity contribution < 1.29 is 14.1 Å². The zero-order chi connectivity index (χ0) is 16.2. The van der Waals surface area contributed by atoms with Crippen molar-refractivity contribution in [3.63, 3.8) is 0 Å². The molecule has 0 aliphatic carbocycles. The third-order valence-electron chi connectivity index (χ3n) is 4.57. The maximum absolute atomic E-state index is 12.2. The molecule has 2 saturated heterocycles. The molecule has 0 aromatic carbocycles. The number of carbonyl (C=O) groups excluding carboxylic acids is 1. The first-order chi connectivity index (χ1) is 11.1. The Hall–Kier alpha value is -1.47. The van der Waals surface area contributed by atoms with Crippen molar-refractivity contribution in [1.29, 1.82) is 0 Å². The van der Waals surface area contributed by atoms with Crippen LogP contribution in [-0.4, -0.2) is 53.8 Å². The van der Waals surface area contributed by atoms with Gasteiger partial charge in [0.15, 0.2) is 5.82 Å². The second-order valence-electron chi connectivity index (χ2n) is 6.81. The van der Waals surface area contributed by atoms with E-state index in [2.05, 4.69) is 20.4 Å². The summed E-state index contributed by atoms with van der Waals surface area (Å²) in [4.78, 5) is 18.8. The lowest BCUT2D eigenvalue weighted by Crippen LogP contribution is -2.39. The molecule has 1 aromatic rings. The number of aromatic nitrogens is 2. The van der Waals surface area contributed by atoms with Crippen LogP contribution in [0.15, 0.2) is 4.52 Å². The Balaban J connectivity index is 1.52. The number of ether oxygens (including phenoxy) is 1. The molecule has 7 heteroatoms. The van der Waals surface area contributed by atoms with Crippen LogP contribution in [0.1, 0.15) is 56.8 Å². The number of nitrogens with zero attached hydrogens (tertiary/aromatic N) is 3. The number of nitrogens with one attached hydrogen (secondary N) is 1. The molecule has 0 unspecified atom stereocenters. The number of likely N-dealkylation sites (tertiary alicyclic amines) is 1. The van der Waals surface area contributed by atoms with Crippen molar-refractivity contribution in [2.75, 3.05) is 32.8 Å². The molecule has 1 amide bonds. The summed E-state index contributed by atoms with van der Waals surface area (Å²) in [5.74, 6) is 2.12. The molecule has 2 atom stereocenters. The second-order valence-corrected chi connectivity index (χ2v) is 6.81. The van der Waals surface area contributed by atoms with Crippen molar-refractivity contribution in [2.24, 2.45) is 5.92 Å². The molecular formula is C16H26N4O3. The summed E-state index contributed by atoms with van der Waals surface area (Å²) in [5, 5.41) is 7.13. The molecule has 2 aliphatic heterocycles. The summed E-state index contributed by atoms with van der Waals surface area (Å²) in [6, 6.07) is 0.0896. The molecule has 3 rings (SSSR count). The SMILES string of the molecule is CC(C)c1nc([C@@H]2CCCN2CC(=O)NC[C@H]2CCOC2)no1. The van der Waals surface area contributed by atoms with Crippen LogP contribution >= 0.6 is 0 Å². The van der Waals surface area contributed by atoms with Crippen molar-refractivity contribution >= 4 is 5.91 Å². The average Bonchev–Trinajstić information content (AvgIpc) is 3.26. The van der Waals surface area contributed by atoms with Gasteiger partial charge in [-0.3, -0.25) is 9.69 Å². The molecule has 3 heterocycles. The fraction of sp³-hybridized carbons (Fsp3) is 0.812. The molecule has 2 fully saturated rings. The van der Waals surface area contributed by atoms with Crippen LogP contribution in [0, 0.1) is 5.92 Å². The van der Waals surface area contributed by atoms with Crippen LogP contribution in [0.2, 0.25) is 0 Å². The molecule has 0 radical (unpaired) electrons. The summed E-state index contributed by atoms with van der Waals surface area (Å²) in [7, 11) is 0. The minimum absolute atomic E-state index is 0.0661. The van der Waals surface area contributed by atoms with E-state index in [0.29, 0.717) is 30.7 Å². The lowest BCUT2D eigenvalue weighted by Gasteiger charge is -2.21. The van der Waals surface area contributed by atoms with Gasteiger partial charge in [0, 0.05) is 25.0 Å². The van der Waals surface area contributed by atoms with Gasteiger partial charge in [0.25, 0.3) is 0 Å². The summed E-state index contributed by atoms with van der Waals surface area (Å²) >= 11 is 0. The molecule has 7 nitrogen and oxygen atoms in total. The predicted octanol–water partition coefficient (Wildman–Crippen LogP) is 1.48. The van der Waals surface area contributed by atoms with E-state index in [0.717, 1.165) is 39.0 Å². The third-order valence-corrected chi connectivity index (χ3v) is 4.57. The van der Waals surface area contributed by atoms with Crippen LogP contribution in [0.25, 0.3) is 0 Å². The topological polar surface area (TPSA) is 80.5 Å². The minimum atomic E-state index is 0.0661. The van der Waals surface area contributed by atoms with E-state index in [4.69, 9.17) is 9.26 Å². The van der Waals surface area contributed by atoms with Crippen LogP contribution in [0.3, 0.4) is 0 Å². The number of rotatable bonds is 6. The number of hydrogen-bond donors (Lipinski definition) is 1. The lowest BCUT2D eigenvalue weighted by molar-refractivity contribution is -0.122. The van der Waals surface area contributed by atoms with Crippen LogP contribution in [-0.2, 0) is 9.53 Å². The highest BCUT2D eigenvalue weighted by Gasteiger charge is 2.31. The average molecular weight is 322 g/mol. The summed E-state index contributed by atoms with van der Waals surface area (Å²) in [6.07, 6.45) is 3.06. The molecular weight excluding hydrogens is 296 g/mol. The maximum atomic E-state index is 12.2. The van der Waals surface area contributed by atoms with E-state index in [9.17, 15) is 4.79 Å².